The van der Waals surface area contributed by atoms with Crippen LogP contribution >= 0.6 is 27.5 Å². The van der Waals surface area contributed by atoms with Gasteiger partial charge in [-0.2, -0.15) is 0 Å². The molecule has 0 bridgehead atoms. The smallest absolute Gasteiger partial charge is 0.224 e. The van der Waals surface area contributed by atoms with E-state index in [0.29, 0.717) is 5.02 Å². The zero-order chi connectivity index (χ0) is 11.6. The van der Waals surface area contributed by atoms with E-state index in [1.165, 1.54) is 0 Å². The number of anilines is 1. The standard InChI is InChI=1S/C11H13BrClNO/c1-7(2)14(8(3)15)11-5-4-9(12)6-10(11)13/h4-7H,1-3H3. The highest BCUT2D eigenvalue weighted by molar-refractivity contribution is 9.10. The number of amides is 1. The molecule has 0 aromatic heterocycles. The molecule has 1 aromatic rings. The fourth-order valence-electron chi connectivity index (χ4n) is 1.49. The van der Waals surface area contributed by atoms with Gasteiger partial charge in [-0.15, -0.1) is 0 Å². The molecule has 82 valence electrons. The lowest BCUT2D eigenvalue weighted by Crippen LogP contribution is -2.35. The third-order valence-electron chi connectivity index (χ3n) is 2.02. The van der Waals surface area contributed by atoms with Crippen molar-refractivity contribution in [2.45, 2.75) is 26.8 Å². The molecule has 15 heavy (non-hydrogen) atoms. The minimum atomic E-state index is -0.00535. The van der Waals surface area contributed by atoms with Gasteiger partial charge in [0.05, 0.1) is 10.7 Å². The van der Waals surface area contributed by atoms with Gasteiger partial charge < -0.3 is 4.90 Å². The fourth-order valence-corrected chi connectivity index (χ4v) is 2.25. The summed E-state index contributed by atoms with van der Waals surface area (Å²) in [4.78, 5) is 13.2. The Morgan fingerprint density at radius 2 is 2.07 bits per heavy atom. The maximum absolute atomic E-state index is 11.5. The number of hydrogen-bond acceptors (Lipinski definition) is 1. The molecule has 0 aliphatic rings. The van der Waals surface area contributed by atoms with E-state index < -0.39 is 0 Å². The highest BCUT2D eigenvalue weighted by Gasteiger charge is 2.17. The molecule has 0 unspecified atom stereocenters. The van der Waals surface area contributed by atoms with Crippen LogP contribution in [-0.4, -0.2) is 11.9 Å². The maximum atomic E-state index is 11.5. The average Bonchev–Trinajstić information content (AvgIpc) is 2.08. The van der Waals surface area contributed by atoms with Crippen molar-refractivity contribution in [1.29, 1.82) is 0 Å². The van der Waals surface area contributed by atoms with Gasteiger partial charge in [0, 0.05) is 17.4 Å². The van der Waals surface area contributed by atoms with Crippen molar-refractivity contribution in [2.24, 2.45) is 0 Å². The number of rotatable bonds is 2. The molecule has 1 aromatic carbocycles. The van der Waals surface area contributed by atoms with Crippen molar-refractivity contribution in [3.05, 3.63) is 27.7 Å². The van der Waals surface area contributed by atoms with Crippen molar-refractivity contribution in [2.75, 3.05) is 4.90 Å². The first-order chi connectivity index (χ1) is 6.93. The topological polar surface area (TPSA) is 20.3 Å². The van der Waals surface area contributed by atoms with Crippen molar-refractivity contribution in [3.8, 4) is 0 Å². The predicted molar refractivity (Wildman–Crippen MR) is 67.4 cm³/mol. The van der Waals surface area contributed by atoms with Gasteiger partial charge in [-0.1, -0.05) is 27.5 Å². The Morgan fingerprint density at radius 1 is 1.47 bits per heavy atom. The third-order valence-corrected chi connectivity index (χ3v) is 2.82. The van der Waals surface area contributed by atoms with Gasteiger partial charge in [0.15, 0.2) is 0 Å². The molecular formula is C11H13BrClNO. The van der Waals surface area contributed by atoms with Crippen molar-refractivity contribution in [1.82, 2.24) is 0 Å². The summed E-state index contributed by atoms with van der Waals surface area (Å²) < 4.78 is 0.906. The Balaban J connectivity index is 3.17. The minimum Gasteiger partial charge on any atom is -0.309 e. The minimum absolute atomic E-state index is 0.00535. The van der Waals surface area contributed by atoms with E-state index in [2.05, 4.69) is 15.9 Å². The molecule has 0 aliphatic heterocycles. The quantitative estimate of drug-likeness (QED) is 0.810. The Kier molecular flexibility index (Phi) is 4.17. The second kappa shape index (κ2) is 4.99. The Hall–Kier alpha value is -0.540. The van der Waals surface area contributed by atoms with Crippen LogP contribution in [0.3, 0.4) is 0 Å². The van der Waals surface area contributed by atoms with Crippen LogP contribution in [-0.2, 0) is 4.79 Å². The van der Waals surface area contributed by atoms with E-state index in [9.17, 15) is 4.79 Å². The van der Waals surface area contributed by atoms with E-state index >= 15 is 0 Å². The molecule has 1 amide bonds. The van der Waals surface area contributed by atoms with Crippen LogP contribution in [0.5, 0.6) is 0 Å². The number of hydrogen-bond donors (Lipinski definition) is 0. The molecule has 0 heterocycles. The van der Waals surface area contributed by atoms with Gasteiger partial charge in [-0.3, -0.25) is 4.79 Å². The first-order valence-corrected chi connectivity index (χ1v) is 5.85. The van der Waals surface area contributed by atoms with Gasteiger partial charge in [-0.05, 0) is 32.0 Å². The normalized spacial score (nSPS) is 10.5. The SMILES string of the molecule is CC(=O)N(c1ccc(Br)cc1Cl)C(C)C. The van der Waals surface area contributed by atoms with E-state index in [-0.39, 0.29) is 11.9 Å². The summed E-state index contributed by atoms with van der Waals surface area (Å²) >= 11 is 9.42. The van der Waals surface area contributed by atoms with E-state index in [0.717, 1.165) is 10.2 Å². The molecule has 0 N–H and O–H groups in total. The number of halogens is 2. The molecule has 0 atom stereocenters. The molecule has 2 nitrogen and oxygen atoms in total. The maximum Gasteiger partial charge on any atom is 0.224 e. The van der Waals surface area contributed by atoms with Crippen molar-refractivity contribution < 1.29 is 4.79 Å². The fraction of sp³-hybridized carbons (Fsp3) is 0.364. The van der Waals surface area contributed by atoms with Crippen LogP contribution < -0.4 is 4.90 Å². The highest BCUT2D eigenvalue weighted by Crippen LogP contribution is 2.30. The lowest BCUT2D eigenvalue weighted by Gasteiger charge is -2.26. The van der Waals surface area contributed by atoms with Crippen molar-refractivity contribution >= 4 is 39.1 Å². The summed E-state index contributed by atoms with van der Waals surface area (Å²) in [6.07, 6.45) is 0. The lowest BCUT2D eigenvalue weighted by molar-refractivity contribution is -0.116. The number of carbonyl (C=O) groups is 1. The molecule has 0 fully saturated rings. The molecule has 0 spiro atoms. The highest BCUT2D eigenvalue weighted by atomic mass is 79.9. The van der Waals surface area contributed by atoms with Crippen LogP contribution in [0.4, 0.5) is 5.69 Å². The second-order valence-corrected chi connectivity index (χ2v) is 4.90. The van der Waals surface area contributed by atoms with Gasteiger partial charge in [0.1, 0.15) is 0 Å². The van der Waals surface area contributed by atoms with E-state index in [4.69, 9.17) is 11.6 Å². The van der Waals surface area contributed by atoms with Gasteiger partial charge in [0.25, 0.3) is 0 Å². The number of benzene rings is 1. The summed E-state index contributed by atoms with van der Waals surface area (Å²) in [6, 6.07) is 5.60. The first-order valence-electron chi connectivity index (χ1n) is 4.68. The molecule has 0 saturated heterocycles. The van der Waals surface area contributed by atoms with Crippen LogP contribution in [0, 0.1) is 0 Å². The molecule has 4 heteroatoms. The summed E-state index contributed by atoms with van der Waals surface area (Å²) in [5.74, 6) is -0.00535. The average molecular weight is 291 g/mol. The van der Waals surface area contributed by atoms with Crippen molar-refractivity contribution in [3.63, 3.8) is 0 Å². The first kappa shape index (κ1) is 12.5. The van der Waals surface area contributed by atoms with E-state index in [1.807, 2.05) is 26.0 Å². The summed E-state index contributed by atoms with van der Waals surface area (Å²) in [6.45, 7) is 5.46. The van der Waals surface area contributed by atoms with Crippen LogP contribution in [0.25, 0.3) is 0 Å². The molecule has 0 aliphatic carbocycles. The van der Waals surface area contributed by atoms with Gasteiger partial charge in [-0.25, -0.2) is 0 Å². The van der Waals surface area contributed by atoms with Crippen LogP contribution in [0.1, 0.15) is 20.8 Å². The molecular weight excluding hydrogens is 277 g/mol. The molecule has 0 saturated carbocycles. The third kappa shape index (κ3) is 2.95. The monoisotopic (exact) mass is 289 g/mol. The Bertz CT molecular complexity index is 379. The Morgan fingerprint density at radius 3 is 2.47 bits per heavy atom. The number of carbonyl (C=O) groups excluding carboxylic acids is 1. The molecule has 0 radical (unpaired) electrons. The van der Waals surface area contributed by atoms with E-state index in [1.54, 1.807) is 17.9 Å². The number of nitrogens with zero attached hydrogens (tertiary/aromatic N) is 1. The van der Waals surface area contributed by atoms with Crippen LogP contribution in [0.15, 0.2) is 22.7 Å². The van der Waals surface area contributed by atoms with Gasteiger partial charge >= 0.3 is 0 Å². The second-order valence-electron chi connectivity index (χ2n) is 3.58. The zero-order valence-electron chi connectivity index (χ0n) is 8.92. The summed E-state index contributed by atoms with van der Waals surface area (Å²) in [5.41, 5.74) is 0.752. The lowest BCUT2D eigenvalue weighted by atomic mass is 10.2. The largest absolute Gasteiger partial charge is 0.309 e. The summed E-state index contributed by atoms with van der Waals surface area (Å²) in [5, 5.41) is 0.577. The predicted octanol–water partition coefficient (Wildman–Crippen LogP) is 3.86. The van der Waals surface area contributed by atoms with Gasteiger partial charge in [0.2, 0.25) is 5.91 Å². The molecule has 1 rings (SSSR count). The zero-order valence-corrected chi connectivity index (χ0v) is 11.3. The Labute approximate surface area is 103 Å². The van der Waals surface area contributed by atoms with Crippen LogP contribution in [0.2, 0.25) is 5.02 Å². The summed E-state index contributed by atoms with van der Waals surface area (Å²) in [7, 11) is 0.